The maximum Gasteiger partial charge on any atom is 0.324 e. The third kappa shape index (κ3) is 4.59. The molecule has 0 spiro atoms. The van der Waals surface area contributed by atoms with E-state index in [1.54, 1.807) is 0 Å². The maximum atomic E-state index is 11.3. The van der Waals surface area contributed by atoms with Gasteiger partial charge in [-0.1, -0.05) is 53.9 Å². The molecular formula is C13H19BrClNO2. The molecule has 0 aliphatic rings. The summed E-state index contributed by atoms with van der Waals surface area (Å²) in [6.07, 6.45) is 2.62. The van der Waals surface area contributed by atoms with Gasteiger partial charge in [0.05, 0.1) is 0 Å². The van der Waals surface area contributed by atoms with Crippen molar-refractivity contribution in [3.8, 4) is 0 Å². The number of carboxylic acids is 1. The van der Waals surface area contributed by atoms with E-state index in [9.17, 15) is 9.90 Å². The predicted octanol–water partition coefficient (Wildman–Crippen LogP) is 3.39. The molecule has 1 aromatic rings. The van der Waals surface area contributed by atoms with Crippen LogP contribution in [0.25, 0.3) is 0 Å². The molecule has 18 heavy (non-hydrogen) atoms. The predicted molar refractivity (Wildman–Crippen MR) is 79.2 cm³/mol. The second-order valence-electron chi connectivity index (χ2n) is 4.33. The van der Waals surface area contributed by atoms with Crippen LogP contribution >= 0.6 is 28.3 Å². The number of nitrogens with two attached hydrogens (primary N) is 1. The third-order valence-corrected chi connectivity index (χ3v) is 3.64. The minimum atomic E-state index is -1.17. The maximum absolute atomic E-state index is 11.3. The van der Waals surface area contributed by atoms with Crippen LogP contribution < -0.4 is 5.73 Å². The van der Waals surface area contributed by atoms with E-state index in [1.807, 2.05) is 31.2 Å². The number of carbonyl (C=O) groups is 1. The number of carboxylic acid groups (broad SMARTS) is 1. The van der Waals surface area contributed by atoms with Crippen LogP contribution in [0.4, 0.5) is 0 Å². The molecule has 1 atom stereocenters. The van der Waals surface area contributed by atoms with Crippen molar-refractivity contribution in [3.63, 3.8) is 0 Å². The number of hydrogen-bond donors (Lipinski definition) is 2. The molecule has 3 nitrogen and oxygen atoms in total. The molecule has 1 aromatic carbocycles. The Kier molecular flexibility index (Phi) is 7.52. The van der Waals surface area contributed by atoms with Gasteiger partial charge < -0.3 is 10.8 Å². The van der Waals surface area contributed by atoms with Gasteiger partial charge >= 0.3 is 5.97 Å². The molecule has 0 saturated carbocycles. The number of benzene rings is 1. The molecule has 0 fully saturated rings. The Hall–Kier alpha value is -0.580. The van der Waals surface area contributed by atoms with Crippen LogP contribution in [0.2, 0.25) is 0 Å². The summed E-state index contributed by atoms with van der Waals surface area (Å²) in [5.41, 5.74) is 5.78. The Morgan fingerprint density at radius 1 is 1.44 bits per heavy atom. The van der Waals surface area contributed by atoms with E-state index in [2.05, 4.69) is 15.9 Å². The molecule has 0 aliphatic carbocycles. The van der Waals surface area contributed by atoms with Crippen LogP contribution in [0.5, 0.6) is 0 Å². The Labute approximate surface area is 122 Å². The molecule has 102 valence electrons. The number of aliphatic carboxylic acids is 1. The standard InChI is InChI=1S/C13H18BrNO2.ClH/c1-2-3-8-13(15,12(16)17)9-10-6-4-5-7-11(10)14;/h4-7H,2-3,8-9,15H2,1H3,(H,16,17);1H/t13-;/m1./s1. The van der Waals surface area contributed by atoms with E-state index in [-0.39, 0.29) is 12.4 Å². The summed E-state index contributed by atoms with van der Waals surface area (Å²) in [4.78, 5) is 11.3. The highest BCUT2D eigenvalue weighted by Crippen LogP contribution is 2.23. The lowest BCUT2D eigenvalue weighted by molar-refractivity contribution is -0.143. The fourth-order valence-electron chi connectivity index (χ4n) is 1.74. The Morgan fingerprint density at radius 3 is 2.56 bits per heavy atom. The summed E-state index contributed by atoms with van der Waals surface area (Å²) < 4.78 is 0.910. The lowest BCUT2D eigenvalue weighted by Crippen LogP contribution is -2.50. The number of halogens is 2. The van der Waals surface area contributed by atoms with Gasteiger partial charge in [0.2, 0.25) is 0 Å². The van der Waals surface area contributed by atoms with E-state index < -0.39 is 11.5 Å². The second kappa shape index (κ2) is 7.77. The van der Waals surface area contributed by atoms with Crippen LogP contribution in [0.1, 0.15) is 31.7 Å². The van der Waals surface area contributed by atoms with Gasteiger partial charge in [-0.25, -0.2) is 0 Å². The van der Waals surface area contributed by atoms with Crippen molar-refractivity contribution in [1.29, 1.82) is 0 Å². The Bertz CT molecular complexity index is 400. The van der Waals surface area contributed by atoms with Crippen LogP contribution in [0.15, 0.2) is 28.7 Å². The molecule has 3 N–H and O–H groups in total. The van der Waals surface area contributed by atoms with E-state index in [4.69, 9.17) is 5.73 Å². The first-order valence-corrected chi connectivity index (χ1v) is 6.54. The average molecular weight is 337 g/mol. The number of hydrogen-bond acceptors (Lipinski definition) is 2. The zero-order valence-electron chi connectivity index (χ0n) is 10.4. The second-order valence-corrected chi connectivity index (χ2v) is 5.19. The molecular weight excluding hydrogens is 318 g/mol. The van der Waals surface area contributed by atoms with Gasteiger partial charge in [0.15, 0.2) is 0 Å². The van der Waals surface area contributed by atoms with Crippen LogP contribution in [-0.2, 0) is 11.2 Å². The van der Waals surface area contributed by atoms with Gasteiger partial charge in [0.1, 0.15) is 5.54 Å². The molecule has 0 radical (unpaired) electrons. The summed E-state index contributed by atoms with van der Waals surface area (Å²) in [6, 6.07) is 7.60. The van der Waals surface area contributed by atoms with E-state index in [0.29, 0.717) is 12.8 Å². The zero-order valence-corrected chi connectivity index (χ0v) is 12.8. The fraction of sp³-hybridized carbons (Fsp3) is 0.462. The minimum absolute atomic E-state index is 0. The number of rotatable bonds is 6. The summed E-state index contributed by atoms with van der Waals surface area (Å²) >= 11 is 3.42. The molecule has 1 rings (SSSR count). The van der Waals surface area contributed by atoms with Gasteiger partial charge in [-0.15, -0.1) is 12.4 Å². The topological polar surface area (TPSA) is 63.3 Å². The summed E-state index contributed by atoms with van der Waals surface area (Å²) in [5, 5.41) is 9.27. The van der Waals surface area contributed by atoms with Crippen LogP contribution in [-0.4, -0.2) is 16.6 Å². The van der Waals surface area contributed by atoms with Crippen LogP contribution in [0.3, 0.4) is 0 Å². The molecule has 0 saturated heterocycles. The van der Waals surface area contributed by atoms with Gasteiger partial charge in [0, 0.05) is 10.9 Å². The lowest BCUT2D eigenvalue weighted by Gasteiger charge is -2.25. The first-order chi connectivity index (χ1) is 7.99. The van der Waals surface area contributed by atoms with Crippen molar-refractivity contribution in [1.82, 2.24) is 0 Å². The minimum Gasteiger partial charge on any atom is -0.480 e. The molecule has 0 aliphatic heterocycles. The van der Waals surface area contributed by atoms with E-state index >= 15 is 0 Å². The first kappa shape index (κ1) is 17.4. The Morgan fingerprint density at radius 2 is 2.06 bits per heavy atom. The zero-order chi connectivity index (χ0) is 12.9. The van der Waals surface area contributed by atoms with Gasteiger partial charge in [0.25, 0.3) is 0 Å². The number of unbranched alkanes of at least 4 members (excludes halogenated alkanes) is 1. The van der Waals surface area contributed by atoms with E-state index in [1.165, 1.54) is 0 Å². The van der Waals surface area contributed by atoms with Gasteiger partial charge in [-0.05, 0) is 18.1 Å². The smallest absolute Gasteiger partial charge is 0.324 e. The first-order valence-electron chi connectivity index (χ1n) is 5.75. The Balaban J connectivity index is 0.00000289. The third-order valence-electron chi connectivity index (χ3n) is 2.87. The highest BCUT2D eigenvalue weighted by atomic mass is 79.9. The van der Waals surface area contributed by atoms with Gasteiger partial charge in [-0.3, -0.25) is 4.79 Å². The highest BCUT2D eigenvalue weighted by molar-refractivity contribution is 9.10. The van der Waals surface area contributed by atoms with Crippen molar-refractivity contribution in [2.24, 2.45) is 5.73 Å². The van der Waals surface area contributed by atoms with Crippen molar-refractivity contribution in [3.05, 3.63) is 34.3 Å². The van der Waals surface area contributed by atoms with Crippen molar-refractivity contribution in [2.45, 2.75) is 38.1 Å². The summed E-state index contributed by atoms with van der Waals surface area (Å²) in [5.74, 6) is -0.929. The normalized spacial score (nSPS) is 13.5. The SMILES string of the molecule is CCCC[C@@](N)(Cc1ccccc1Br)C(=O)O.Cl. The quantitative estimate of drug-likeness (QED) is 0.837. The van der Waals surface area contributed by atoms with E-state index in [0.717, 1.165) is 22.9 Å². The largest absolute Gasteiger partial charge is 0.480 e. The molecule has 0 unspecified atom stereocenters. The highest BCUT2D eigenvalue weighted by Gasteiger charge is 2.33. The average Bonchev–Trinajstić information content (AvgIpc) is 2.29. The lowest BCUT2D eigenvalue weighted by atomic mass is 9.87. The molecule has 5 heteroatoms. The van der Waals surface area contributed by atoms with Crippen molar-refractivity contribution < 1.29 is 9.90 Å². The van der Waals surface area contributed by atoms with Crippen molar-refractivity contribution in [2.75, 3.05) is 0 Å². The van der Waals surface area contributed by atoms with Crippen LogP contribution in [0, 0.1) is 0 Å². The fourth-order valence-corrected chi connectivity index (χ4v) is 2.17. The van der Waals surface area contributed by atoms with Crippen molar-refractivity contribution >= 4 is 34.3 Å². The summed E-state index contributed by atoms with van der Waals surface area (Å²) in [6.45, 7) is 2.03. The monoisotopic (exact) mass is 335 g/mol. The molecule has 0 heterocycles. The molecule has 0 bridgehead atoms. The molecule has 0 amide bonds. The molecule has 0 aromatic heterocycles. The van der Waals surface area contributed by atoms with Gasteiger partial charge in [-0.2, -0.15) is 0 Å². The summed E-state index contributed by atoms with van der Waals surface area (Å²) in [7, 11) is 0.